The van der Waals surface area contributed by atoms with Crippen LogP contribution in [0.25, 0.3) is 0 Å². The zero-order chi connectivity index (χ0) is 23.5. The van der Waals surface area contributed by atoms with E-state index in [-0.39, 0.29) is 24.6 Å². The van der Waals surface area contributed by atoms with E-state index in [4.69, 9.17) is 0 Å². The van der Waals surface area contributed by atoms with Crippen molar-refractivity contribution in [3.63, 3.8) is 0 Å². The second-order valence-electron chi connectivity index (χ2n) is 7.61. The molecule has 10 heteroatoms. The van der Waals surface area contributed by atoms with Gasteiger partial charge in [0.1, 0.15) is 0 Å². The summed E-state index contributed by atoms with van der Waals surface area (Å²) in [5.74, 6) is -0.482. The van der Waals surface area contributed by atoms with E-state index in [0.29, 0.717) is 31.1 Å². The molecule has 1 aliphatic heterocycles. The van der Waals surface area contributed by atoms with Crippen molar-refractivity contribution < 1.29 is 22.8 Å². The summed E-state index contributed by atoms with van der Waals surface area (Å²) in [7, 11) is 0. The average molecular weight is 467 g/mol. The number of benzene rings is 1. The Morgan fingerprint density at radius 1 is 1.03 bits per heavy atom. The van der Waals surface area contributed by atoms with Crippen LogP contribution in [0.3, 0.4) is 0 Å². The minimum atomic E-state index is -4.50. The molecule has 0 unspecified atom stereocenters. The second-order valence-corrected chi connectivity index (χ2v) is 8.38. The van der Waals surface area contributed by atoms with Crippen LogP contribution in [-0.2, 0) is 17.4 Å². The van der Waals surface area contributed by atoms with Gasteiger partial charge in [-0.3, -0.25) is 9.59 Å². The molecule has 2 heterocycles. The number of hydrogen-bond donors (Lipinski definition) is 0. The highest BCUT2D eigenvalue weighted by Gasteiger charge is 2.32. The number of aryl methyl sites for hydroxylation is 2. The fourth-order valence-electron chi connectivity index (χ4n) is 3.72. The largest absolute Gasteiger partial charge is 0.416 e. The molecule has 0 spiro atoms. The van der Waals surface area contributed by atoms with Gasteiger partial charge >= 0.3 is 6.18 Å². The molecule has 1 fully saturated rings. The summed E-state index contributed by atoms with van der Waals surface area (Å²) in [5, 5.41) is 0.705. The van der Waals surface area contributed by atoms with Gasteiger partial charge in [0, 0.05) is 49.6 Å². The molecule has 1 aliphatic rings. The number of carbonyl (C=O) groups is 2. The Balaban J connectivity index is 1.56. The quantitative estimate of drug-likeness (QED) is 0.496. The van der Waals surface area contributed by atoms with E-state index in [9.17, 15) is 22.8 Å². The van der Waals surface area contributed by atoms with Gasteiger partial charge in [0.05, 0.1) is 5.56 Å². The fraction of sp³-hybridized carbons (Fsp3) is 0.455. The number of alkyl halides is 3. The number of carbonyl (C=O) groups excluding carboxylic acids is 2. The SMILES string of the molecule is CSc1nc(C)c(CCC(=O)N2CCN(C(=O)c3cccc(C(F)(F)F)c3)CC2)c(C)n1. The number of rotatable bonds is 5. The van der Waals surface area contributed by atoms with Gasteiger partial charge in [-0.2, -0.15) is 13.2 Å². The molecule has 1 aromatic carbocycles. The fourth-order valence-corrected chi connectivity index (χ4v) is 4.18. The predicted octanol–water partition coefficient (Wildman–Crippen LogP) is 3.75. The first kappa shape index (κ1) is 24.0. The summed E-state index contributed by atoms with van der Waals surface area (Å²) in [6, 6.07) is 4.42. The Kier molecular flexibility index (Phi) is 7.43. The van der Waals surface area contributed by atoms with Gasteiger partial charge in [0.15, 0.2) is 5.16 Å². The van der Waals surface area contributed by atoms with Gasteiger partial charge < -0.3 is 9.80 Å². The van der Waals surface area contributed by atoms with Crippen LogP contribution in [0.5, 0.6) is 0 Å². The van der Waals surface area contributed by atoms with Crippen LogP contribution in [0, 0.1) is 13.8 Å². The van der Waals surface area contributed by atoms with Gasteiger partial charge in [-0.1, -0.05) is 17.8 Å². The first-order valence-electron chi connectivity index (χ1n) is 10.2. The van der Waals surface area contributed by atoms with E-state index in [1.165, 1.54) is 28.8 Å². The summed E-state index contributed by atoms with van der Waals surface area (Å²) in [6.45, 7) is 5.08. The first-order valence-corrected chi connectivity index (χ1v) is 11.4. The molecule has 172 valence electrons. The average Bonchev–Trinajstić information content (AvgIpc) is 2.77. The first-order chi connectivity index (χ1) is 15.1. The van der Waals surface area contributed by atoms with E-state index in [2.05, 4.69) is 9.97 Å². The van der Waals surface area contributed by atoms with Crippen molar-refractivity contribution in [2.45, 2.75) is 38.0 Å². The Morgan fingerprint density at radius 2 is 1.62 bits per heavy atom. The normalized spacial score (nSPS) is 14.6. The standard InChI is InChI=1S/C22H25F3N4O2S/c1-14-18(15(2)27-21(26-14)32-3)7-8-19(30)28-9-11-29(12-10-28)20(31)16-5-4-6-17(13-16)22(23,24)25/h4-6,13H,7-12H2,1-3H3. The number of halogens is 3. The highest BCUT2D eigenvalue weighted by molar-refractivity contribution is 7.98. The van der Waals surface area contributed by atoms with Gasteiger partial charge in [0.2, 0.25) is 5.91 Å². The molecule has 1 aromatic heterocycles. The van der Waals surface area contributed by atoms with E-state index in [0.717, 1.165) is 29.1 Å². The molecule has 0 bridgehead atoms. The third-order valence-corrected chi connectivity index (χ3v) is 6.08. The molecular weight excluding hydrogens is 441 g/mol. The summed E-state index contributed by atoms with van der Waals surface area (Å²) in [6.07, 6.45) is -1.74. The number of hydrogen-bond acceptors (Lipinski definition) is 5. The highest BCUT2D eigenvalue weighted by Crippen LogP contribution is 2.30. The van der Waals surface area contributed by atoms with Crippen molar-refractivity contribution >= 4 is 23.6 Å². The molecule has 32 heavy (non-hydrogen) atoms. The molecule has 0 N–H and O–H groups in total. The van der Waals surface area contributed by atoms with Crippen LogP contribution in [-0.4, -0.2) is 64.0 Å². The Bertz CT molecular complexity index is 982. The molecule has 2 amide bonds. The summed E-state index contributed by atoms with van der Waals surface area (Å²) in [5.41, 5.74) is 1.85. The summed E-state index contributed by atoms with van der Waals surface area (Å²) in [4.78, 5) is 37.4. The molecule has 6 nitrogen and oxygen atoms in total. The van der Waals surface area contributed by atoms with Crippen molar-refractivity contribution in [3.8, 4) is 0 Å². The second kappa shape index (κ2) is 9.89. The maximum atomic E-state index is 12.9. The molecule has 3 rings (SSSR count). The van der Waals surface area contributed by atoms with Gasteiger partial charge in [-0.25, -0.2) is 9.97 Å². The van der Waals surface area contributed by atoms with E-state index in [1.54, 1.807) is 4.90 Å². The number of amides is 2. The lowest BCUT2D eigenvalue weighted by Crippen LogP contribution is -2.50. The van der Waals surface area contributed by atoms with Crippen LogP contribution in [0.1, 0.15) is 39.3 Å². The number of nitrogens with zero attached hydrogens (tertiary/aromatic N) is 4. The summed E-state index contributed by atoms with van der Waals surface area (Å²) >= 11 is 1.47. The lowest BCUT2D eigenvalue weighted by Gasteiger charge is -2.35. The van der Waals surface area contributed by atoms with E-state index in [1.807, 2.05) is 20.1 Å². The van der Waals surface area contributed by atoms with Crippen LogP contribution in [0.4, 0.5) is 13.2 Å². The number of aromatic nitrogens is 2. The third kappa shape index (κ3) is 5.59. The van der Waals surface area contributed by atoms with E-state index >= 15 is 0 Å². The Labute approximate surface area is 189 Å². The Hall–Kier alpha value is -2.62. The monoisotopic (exact) mass is 466 g/mol. The smallest absolute Gasteiger partial charge is 0.339 e. The highest BCUT2D eigenvalue weighted by atomic mass is 32.2. The van der Waals surface area contributed by atoms with Crippen molar-refractivity contribution in [2.75, 3.05) is 32.4 Å². The zero-order valence-corrected chi connectivity index (χ0v) is 19.0. The molecular formula is C22H25F3N4O2S. The maximum Gasteiger partial charge on any atom is 0.416 e. The molecule has 0 radical (unpaired) electrons. The van der Waals surface area contributed by atoms with Crippen molar-refractivity contribution in [1.29, 1.82) is 0 Å². The zero-order valence-electron chi connectivity index (χ0n) is 18.2. The molecule has 0 saturated carbocycles. The summed E-state index contributed by atoms with van der Waals surface area (Å²) < 4.78 is 38.8. The molecule has 2 aromatic rings. The third-order valence-electron chi connectivity index (χ3n) is 5.53. The van der Waals surface area contributed by atoms with Crippen molar-refractivity contribution in [1.82, 2.24) is 19.8 Å². The molecule has 0 aliphatic carbocycles. The van der Waals surface area contributed by atoms with Crippen LogP contribution in [0.2, 0.25) is 0 Å². The van der Waals surface area contributed by atoms with Crippen LogP contribution >= 0.6 is 11.8 Å². The van der Waals surface area contributed by atoms with Gasteiger partial charge in [-0.05, 0) is 50.3 Å². The van der Waals surface area contributed by atoms with Crippen LogP contribution in [0.15, 0.2) is 29.4 Å². The lowest BCUT2D eigenvalue weighted by atomic mass is 10.1. The Morgan fingerprint density at radius 3 is 2.19 bits per heavy atom. The molecule has 0 atom stereocenters. The van der Waals surface area contributed by atoms with Gasteiger partial charge in [-0.15, -0.1) is 0 Å². The maximum absolute atomic E-state index is 12.9. The minimum absolute atomic E-state index is 0.000702. The number of piperazine rings is 1. The molecule has 1 saturated heterocycles. The topological polar surface area (TPSA) is 66.4 Å². The van der Waals surface area contributed by atoms with Crippen molar-refractivity contribution in [3.05, 3.63) is 52.3 Å². The number of thioether (sulfide) groups is 1. The van der Waals surface area contributed by atoms with Crippen LogP contribution < -0.4 is 0 Å². The minimum Gasteiger partial charge on any atom is -0.339 e. The van der Waals surface area contributed by atoms with Crippen molar-refractivity contribution in [2.24, 2.45) is 0 Å². The van der Waals surface area contributed by atoms with Gasteiger partial charge in [0.25, 0.3) is 5.91 Å². The predicted molar refractivity (Wildman–Crippen MR) is 116 cm³/mol. The lowest BCUT2D eigenvalue weighted by molar-refractivity contribution is -0.137. The van der Waals surface area contributed by atoms with E-state index < -0.39 is 17.6 Å².